The molecule has 3 N–H and O–H groups in total. The third kappa shape index (κ3) is 2.97. The highest BCUT2D eigenvalue weighted by atomic mass is 19.2. The quantitative estimate of drug-likeness (QED) is 0.795. The molecule has 1 aromatic rings. The van der Waals surface area contributed by atoms with Crippen molar-refractivity contribution in [1.82, 2.24) is 10.2 Å². The van der Waals surface area contributed by atoms with Gasteiger partial charge in [-0.05, 0) is 30.9 Å². The van der Waals surface area contributed by atoms with Gasteiger partial charge in [0, 0.05) is 37.2 Å². The first-order valence-electron chi connectivity index (χ1n) is 8.53. The minimum atomic E-state index is -1.19. The number of benzene rings is 1. The maximum Gasteiger partial charge on any atom is 0.407 e. The Bertz CT molecular complexity index is 686. The number of nitrogens with one attached hydrogen (secondary N) is 1. The van der Waals surface area contributed by atoms with Crippen LogP contribution < -0.4 is 11.1 Å². The summed E-state index contributed by atoms with van der Waals surface area (Å²) in [6, 6.07) is 1.40. The number of halogens is 3. The highest BCUT2D eigenvalue weighted by molar-refractivity contribution is 5.70. The Morgan fingerprint density at radius 1 is 1.12 bits per heavy atom. The zero-order valence-electron chi connectivity index (χ0n) is 13.6. The molecule has 0 aromatic heterocycles. The summed E-state index contributed by atoms with van der Waals surface area (Å²) >= 11 is 0. The second-order valence-corrected chi connectivity index (χ2v) is 7.17. The van der Waals surface area contributed by atoms with Gasteiger partial charge in [0.2, 0.25) is 0 Å². The number of carbonyl (C=O) groups is 1. The average Bonchev–Trinajstić information content (AvgIpc) is 3.08. The van der Waals surface area contributed by atoms with Crippen molar-refractivity contribution >= 4 is 6.09 Å². The molecule has 0 spiro atoms. The Labute approximate surface area is 143 Å². The van der Waals surface area contributed by atoms with Crippen LogP contribution in [0.5, 0.6) is 0 Å². The predicted octanol–water partition coefficient (Wildman–Crippen LogP) is 1.86. The van der Waals surface area contributed by atoms with Gasteiger partial charge in [-0.2, -0.15) is 0 Å². The molecule has 25 heavy (non-hydrogen) atoms. The highest BCUT2D eigenvalue weighted by Gasteiger charge is 2.45. The van der Waals surface area contributed by atoms with E-state index >= 15 is 0 Å². The second-order valence-electron chi connectivity index (χ2n) is 7.17. The molecule has 5 nitrogen and oxygen atoms in total. The lowest BCUT2D eigenvalue weighted by Crippen LogP contribution is -2.46. The molecule has 0 radical (unpaired) electrons. The molecule has 1 unspecified atom stereocenters. The molecular formula is C17H20F3N3O2. The van der Waals surface area contributed by atoms with Crippen LogP contribution in [0.1, 0.15) is 30.7 Å². The molecule has 2 heterocycles. The van der Waals surface area contributed by atoms with E-state index in [1.54, 1.807) is 0 Å². The molecule has 1 aromatic carbocycles. The Kier molecular flexibility index (Phi) is 4.11. The predicted molar refractivity (Wildman–Crippen MR) is 83.4 cm³/mol. The van der Waals surface area contributed by atoms with Gasteiger partial charge >= 0.3 is 6.09 Å². The van der Waals surface area contributed by atoms with E-state index in [2.05, 4.69) is 10.2 Å². The molecule has 5 atom stereocenters. The van der Waals surface area contributed by atoms with Crippen molar-refractivity contribution in [3.05, 3.63) is 35.1 Å². The molecule has 3 fully saturated rings. The lowest BCUT2D eigenvalue weighted by atomic mass is 9.77. The first kappa shape index (κ1) is 16.7. The van der Waals surface area contributed by atoms with E-state index < -0.39 is 17.5 Å². The fourth-order valence-corrected chi connectivity index (χ4v) is 4.40. The van der Waals surface area contributed by atoms with Crippen molar-refractivity contribution in [2.45, 2.75) is 49.4 Å². The monoisotopic (exact) mass is 355 g/mol. The van der Waals surface area contributed by atoms with Gasteiger partial charge in [0.1, 0.15) is 11.9 Å². The molecule has 1 saturated carbocycles. The van der Waals surface area contributed by atoms with E-state index in [-0.39, 0.29) is 41.8 Å². The van der Waals surface area contributed by atoms with Crippen LogP contribution in [0.15, 0.2) is 12.1 Å². The largest absolute Gasteiger partial charge is 0.443 e. The zero-order valence-corrected chi connectivity index (χ0v) is 13.6. The van der Waals surface area contributed by atoms with Crippen molar-refractivity contribution in [1.29, 1.82) is 0 Å². The lowest BCUT2D eigenvalue weighted by Gasteiger charge is -2.39. The van der Waals surface area contributed by atoms with E-state index in [0.717, 1.165) is 12.5 Å². The second kappa shape index (κ2) is 6.17. The van der Waals surface area contributed by atoms with Gasteiger partial charge in [-0.3, -0.25) is 4.90 Å². The van der Waals surface area contributed by atoms with Gasteiger partial charge < -0.3 is 15.8 Å². The van der Waals surface area contributed by atoms with Crippen molar-refractivity contribution < 1.29 is 22.7 Å². The Hall–Kier alpha value is -1.80. The van der Waals surface area contributed by atoms with Crippen LogP contribution >= 0.6 is 0 Å². The number of alkyl carbamates (subject to hydrolysis) is 1. The van der Waals surface area contributed by atoms with Crippen LogP contribution in [0.4, 0.5) is 18.0 Å². The van der Waals surface area contributed by atoms with Crippen LogP contribution in [-0.2, 0) is 4.74 Å². The first-order chi connectivity index (χ1) is 11.9. The topological polar surface area (TPSA) is 67.6 Å². The van der Waals surface area contributed by atoms with Crippen molar-refractivity contribution in [3.8, 4) is 0 Å². The van der Waals surface area contributed by atoms with E-state index in [1.165, 1.54) is 0 Å². The molecular weight excluding hydrogens is 335 g/mol. The number of rotatable bonds is 2. The summed E-state index contributed by atoms with van der Waals surface area (Å²) in [5.74, 6) is -3.31. The molecule has 4 rings (SSSR count). The number of amides is 1. The average molecular weight is 355 g/mol. The summed E-state index contributed by atoms with van der Waals surface area (Å²) in [6.45, 7) is 1.36. The summed E-state index contributed by atoms with van der Waals surface area (Å²) in [7, 11) is 0. The molecule has 1 aliphatic carbocycles. The van der Waals surface area contributed by atoms with Crippen LogP contribution in [0.3, 0.4) is 0 Å². The standard InChI is InChI=1S/C17H20F3N3O2/c18-11-5-13(20)12(19)4-10(11)9-2-1-8(3-14(9)21)23-6-15-16(7-23)25-17(24)22-15/h4-5,8-9,14-16H,1-3,6-7,21H2,(H,22,24)/t8-,9+,14?,15+,16-/m0/s1. The van der Waals surface area contributed by atoms with Crippen molar-refractivity contribution in [2.75, 3.05) is 13.1 Å². The van der Waals surface area contributed by atoms with Crippen molar-refractivity contribution in [3.63, 3.8) is 0 Å². The van der Waals surface area contributed by atoms with Gasteiger partial charge in [-0.25, -0.2) is 18.0 Å². The fourth-order valence-electron chi connectivity index (χ4n) is 4.40. The summed E-state index contributed by atoms with van der Waals surface area (Å²) in [5.41, 5.74) is 6.40. The van der Waals surface area contributed by atoms with Crippen molar-refractivity contribution in [2.24, 2.45) is 5.73 Å². The molecule has 2 saturated heterocycles. The highest BCUT2D eigenvalue weighted by Crippen LogP contribution is 2.37. The fraction of sp³-hybridized carbons (Fsp3) is 0.588. The minimum absolute atomic E-state index is 0.00471. The normalized spacial score (nSPS) is 35.4. The molecule has 1 amide bonds. The van der Waals surface area contributed by atoms with Crippen LogP contribution in [-0.4, -0.2) is 48.3 Å². The number of hydrogen-bond donors (Lipinski definition) is 2. The third-order valence-corrected chi connectivity index (χ3v) is 5.68. The molecule has 136 valence electrons. The number of likely N-dealkylation sites (tertiary alicyclic amines) is 1. The summed E-state index contributed by atoms with van der Waals surface area (Å²) in [6.07, 6.45) is 1.52. The molecule has 0 bridgehead atoms. The maximum atomic E-state index is 14.0. The lowest BCUT2D eigenvalue weighted by molar-refractivity contribution is 0.110. The number of fused-ring (bicyclic) bond motifs is 1. The number of nitrogens with zero attached hydrogens (tertiary/aromatic N) is 1. The number of ether oxygens (including phenoxy) is 1. The number of hydrogen-bond acceptors (Lipinski definition) is 4. The van der Waals surface area contributed by atoms with Gasteiger partial charge in [0.05, 0.1) is 6.04 Å². The third-order valence-electron chi connectivity index (χ3n) is 5.68. The summed E-state index contributed by atoms with van der Waals surface area (Å²) in [4.78, 5) is 13.5. The first-order valence-corrected chi connectivity index (χ1v) is 8.53. The summed E-state index contributed by atoms with van der Waals surface area (Å²) < 4.78 is 45.9. The summed E-state index contributed by atoms with van der Waals surface area (Å²) in [5, 5.41) is 2.79. The van der Waals surface area contributed by atoms with Crippen LogP contribution in [0, 0.1) is 17.5 Å². The van der Waals surface area contributed by atoms with Crippen LogP contribution in [0.25, 0.3) is 0 Å². The van der Waals surface area contributed by atoms with E-state index in [1.807, 2.05) is 0 Å². The molecule has 3 aliphatic rings. The van der Waals surface area contributed by atoms with Gasteiger partial charge in [0.25, 0.3) is 0 Å². The maximum absolute atomic E-state index is 14.0. The zero-order chi connectivity index (χ0) is 17.7. The Balaban J connectivity index is 1.43. The SMILES string of the molecule is NC1C[C@@H](N2C[C@@H]3OC(=O)N[C@@H]3C2)CC[C@@H]1c1cc(F)c(F)cc1F. The van der Waals surface area contributed by atoms with E-state index in [0.29, 0.717) is 32.0 Å². The minimum Gasteiger partial charge on any atom is -0.443 e. The smallest absolute Gasteiger partial charge is 0.407 e. The van der Waals surface area contributed by atoms with Gasteiger partial charge in [0.15, 0.2) is 11.6 Å². The molecule has 2 aliphatic heterocycles. The van der Waals surface area contributed by atoms with Crippen LogP contribution in [0.2, 0.25) is 0 Å². The van der Waals surface area contributed by atoms with E-state index in [9.17, 15) is 18.0 Å². The van der Waals surface area contributed by atoms with Gasteiger partial charge in [-0.15, -0.1) is 0 Å². The van der Waals surface area contributed by atoms with E-state index in [4.69, 9.17) is 10.5 Å². The Morgan fingerprint density at radius 3 is 2.60 bits per heavy atom. The Morgan fingerprint density at radius 2 is 1.88 bits per heavy atom. The number of carbonyl (C=O) groups excluding carboxylic acids is 1. The molecule has 8 heteroatoms. The number of nitrogens with two attached hydrogens (primary N) is 1. The van der Waals surface area contributed by atoms with Gasteiger partial charge in [-0.1, -0.05) is 0 Å².